The van der Waals surface area contributed by atoms with Crippen molar-refractivity contribution >= 4 is 10.2 Å². The molecule has 1 aliphatic carbocycles. The van der Waals surface area contributed by atoms with Gasteiger partial charge in [-0.1, -0.05) is 19.3 Å². The Labute approximate surface area is 92.2 Å². The Kier molecular flexibility index (Phi) is 4.98. The number of hydrogen-bond acceptors (Lipinski definition) is 3. The predicted molar refractivity (Wildman–Crippen MR) is 60.6 cm³/mol. The first-order valence-electron chi connectivity index (χ1n) is 5.50. The normalized spacial score (nSPS) is 21.5. The van der Waals surface area contributed by atoms with Crippen molar-refractivity contribution in [3.8, 4) is 0 Å². The Morgan fingerprint density at radius 3 is 2.33 bits per heavy atom. The largest absolute Gasteiger partial charge is 0.304 e. The molecular weight excluding hydrogens is 214 g/mol. The maximum absolute atomic E-state index is 11.6. The number of rotatable bonds is 5. The van der Waals surface area contributed by atoms with Gasteiger partial charge in [-0.25, -0.2) is 0 Å². The van der Waals surface area contributed by atoms with Crippen LogP contribution in [0.5, 0.6) is 0 Å². The molecule has 0 aromatic heterocycles. The summed E-state index contributed by atoms with van der Waals surface area (Å²) in [5, 5.41) is 2.83. The number of nitrogens with one attached hydrogen (secondary N) is 3. The average molecular weight is 235 g/mol. The lowest BCUT2D eigenvalue weighted by Gasteiger charge is -2.23. The summed E-state index contributed by atoms with van der Waals surface area (Å²) in [6, 6.07) is 0.111. The smallest absolute Gasteiger partial charge is 0.278 e. The van der Waals surface area contributed by atoms with E-state index < -0.39 is 10.2 Å². The van der Waals surface area contributed by atoms with Gasteiger partial charge in [-0.15, -0.1) is 0 Å². The lowest BCUT2D eigenvalue weighted by Crippen LogP contribution is -2.49. The lowest BCUT2D eigenvalue weighted by atomic mass is 9.96. The van der Waals surface area contributed by atoms with Gasteiger partial charge in [0.2, 0.25) is 0 Å². The van der Waals surface area contributed by atoms with E-state index in [1.165, 1.54) is 6.42 Å². The zero-order chi connectivity index (χ0) is 11.3. The Balaban J connectivity index is 2.40. The minimum atomic E-state index is -3.36. The molecule has 0 bridgehead atoms. The van der Waals surface area contributed by atoms with Crippen LogP contribution in [-0.2, 0) is 10.2 Å². The molecule has 90 valence electrons. The van der Waals surface area contributed by atoms with Gasteiger partial charge in [-0.3, -0.25) is 0 Å². The topological polar surface area (TPSA) is 70.2 Å². The Hall–Kier alpha value is -0.170. The van der Waals surface area contributed by atoms with Crippen molar-refractivity contribution < 1.29 is 8.42 Å². The molecule has 1 unspecified atom stereocenters. The van der Waals surface area contributed by atoms with E-state index in [-0.39, 0.29) is 12.2 Å². The van der Waals surface area contributed by atoms with Crippen molar-refractivity contribution in [3.63, 3.8) is 0 Å². The molecule has 5 nitrogen and oxygen atoms in total. The third-order valence-corrected chi connectivity index (χ3v) is 4.00. The molecule has 1 rings (SSSR count). The third-order valence-electron chi connectivity index (χ3n) is 2.69. The van der Waals surface area contributed by atoms with E-state index in [9.17, 15) is 8.42 Å². The maximum atomic E-state index is 11.6. The third kappa shape index (κ3) is 4.92. The highest BCUT2D eigenvalue weighted by atomic mass is 32.2. The van der Waals surface area contributed by atoms with Crippen LogP contribution in [0.2, 0.25) is 0 Å². The fourth-order valence-electron chi connectivity index (χ4n) is 1.77. The minimum Gasteiger partial charge on any atom is -0.304 e. The van der Waals surface area contributed by atoms with Crippen molar-refractivity contribution in [2.45, 2.75) is 51.2 Å². The van der Waals surface area contributed by atoms with Crippen LogP contribution in [0.4, 0.5) is 0 Å². The second-order valence-electron chi connectivity index (χ2n) is 4.08. The van der Waals surface area contributed by atoms with E-state index in [4.69, 9.17) is 0 Å². The molecule has 0 saturated heterocycles. The SMILES string of the molecule is CNC(C)NS(=O)(=O)NC1CCCCC1. The van der Waals surface area contributed by atoms with E-state index in [1.54, 1.807) is 14.0 Å². The van der Waals surface area contributed by atoms with Gasteiger partial charge in [-0.2, -0.15) is 17.9 Å². The molecule has 1 aliphatic rings. The van der Waals surface area contributed by atoms with Crippen LogP contribution in [0.25, 0.3) is 0 Å². The van der Waals surface area contributed by atoms with Crippen molar-refractivity contribution in [2.75, 3.05) is 7.05 Å². The average Bonchev–Trinajstić information content (AvgIpc) is 2.17. The summed E-state index contributed by atoms with van der Waals surface area (Å²) in [4.78, 5) is 0. The lowest BCUT2D eigenvalue weighted by molar-refractivity contribution is 0.407. The van der Waals surface area contributed by atoms with Crippen LogP contribution in [0, 0.1) is 0 Å². The van der Waals surface area contributed by atoms with E-state index >= 15 is 0 Å². The summed E-state index contributed by atoms with van der Waals surface area (Å²) in [5.74, 6) is 0. The first-order valence-corrected chi connectivity index (χ1v) is 6.98. The Morgan fingerprint density at radius 1 is 1.20 bits per heavy atom. The van der Waals surface area contributed by atoms with E-state index in [1.807, 2.05) is 0 Å². The molecular formula is C9H21N3O2S. The standard InChI is InChI=1S/C9H21N3O2S/c1-8(10-2)11-15(13,14)12-9-6-4-3-5-7-9/h8-12H,3-7H2,1-2H3. The summed E-state index contributed by atoms with van der Waals surface area (Å²) in [5.41, 5.74) is 0. The summed E-state index contributed by atoms with van der Waals surface area (Å²) in [6.07, 6.45) is 5.12. The molecule has 0 radical (unpaired) electrons. The van der Waals surface area contributed by atoms with Gasteiger partial charge < -0.3 is 5.32 Å². The predicted octanol–water partition coefficient (Wildman–Crippen LogP) is 0.308. The molecule has 3 N–H and O–H groups in total. The molecule has 1 atom stereocenters. The molecule has 0 heterocycles. The first kappa shape index (κ1) is 12.9. The quantitative estimate of drug-likeness (QED) is 0.601. The molecule has 1 fully saturated rings. The van der Waals surface area contributed by atoms with Crippen LogP contribution < -0.4 is 14.8 Å². The molecule has 15 heavy (non-hydrogen) atoms. The molecule has 0 aliphatic heterocycles. The first-order chi connectivity index (χ1) is 7.03. The number of hydrogen-bond donors (Lipinski definition) is 3. The minimum absolute atomic E-state index is 0.111. The van der Waals surface area contributed by atoms with Gasteiger partial charge in [0.15, 0.2) is 0 Å². The van der Waals surface area contributed by atoms with Crippen LogP contribution in [0.1, 0.15) is 39.0 Å². The fourth-order valence-corrected chi connectivity index (χ4v) is 3.09. The second kappa shape index (κ2) is 5.79. The molecule has 1 saturated carbocycles. The zero-order valence-electron chi connectivity index (χ0n) is 9.41. The van der Waals surface area contributed by atoms with Crippen molar-refractivity contribution in [2.24, 2.45) is 0 Å². The fraction of sp³-hybridized carbons (Fsp3) is 1.00. The Morgan fingerprint density at radius 2 is 1.80 bits per heavy atom. The highest BCUT2D eigenvalue weighted by Gasteiger charge is 2.20. The highest BCUT2D eigenvalue weighted by molar-refractivity contribution is 7.87. The van der Waals surface area contributed by atoms with Crippen molar-refractivity contribution in [1.29, 1.82) is 0 Å². The van der Waals surface area contributed by atoms with Crippen molar-refractivity contribution in [3.05, 3.63) is 0 Å². The van der Waals surface area contributed by atoms with Gasteiger partial charge in [0.25, 0.3) is 10.2 Å². The molecule has 0 spiro atoms. The molecule has 0 aromatic rings. The molecule has 0 aromatic carbocycles. The van der Waals surface area contributed by atoms with Gasteiger partial charge in [0, 0.05) is 6.04 Å². The monoisotopic (exact) mass is 235 g/mol. The van der Waals surface area contributed by atoms with E-state index in [2.05, 4.69) is 14.8 Å². The summed E-state index contributed by atoms with van der Waals surface area (Å²) in [6.45, 7) is 1.76. The van der Waals surface area contributed by atoms with Crippen LogP contribution >= 0.6 is 0 Å². The van der Waals surface area contributed by atoms with Gasteiger partial charge in [0.05, 0.1) is 6.17 Å². The van der Waals surface area contributed by atoms with E-state index in [0.29, 0.717) is 0 Å². The van der Waals surface area contributed by atoms with Crippen LogP contribution in [0.3, 0.4) is 0 Å². The van der Waals surface area contributed by atoms with Crippen molar-refractivity contribution in [1.82, 2.24) is 14.8 Å². The van der Waals surface area contributed by atoms with Gasteiger partial charge in [-0.05, 0) is 26.8 Å². The van der Waals surface area contributed by atoms with E-state index in [0.717, 1.165) is 25.7 Å². The molecule has 0 amide bonds. The second-order valence-corrected chi connectivity index (χ2v) is 5.56. The molecule has 6 heteroatoms. The summed E-state index contributed by atoms with van der Waals surface area (Å²) in [7, 11) is -1.64. The van der Waals surface area contributed by atoms with Gasteiger partial charge >= 0.3 is 0 Å². The summed E-state index contributed by atoms with van der Waals surface area (Å²) >= 11 is 0. The highest BCUT2D eigenvalue weighted by Crippen LogP contribution is 2.17. The zero-order valence-corrected chi connectivity index (χ0v) is 10.2. The van der Waals surface area contributed by atoms with Crippen LogP contribution in [0.15, 0.2) is 0 Å². The summed E-state index contributed by atoms with van der Waals surface area (Å²) < 4.78 is 28.4. The maximum Gasteiger partial charge on any atom is 0.278 e. The Bertz CT molecular complexity index is 273. The van der Waals surface area contributed by atoms with Gasteiger partial charge in [0.1, 0.15) is 0 Å². The van der Waals surface area contributed by atoms with Crippen LogP contribution in [-0.4, -0.2) is 27.7 Å².